The number of urea groups is 1. The number of rotatable bonds is 3. The Kier molecular flexibility index (Phi) is 3.50. The fourth-order valence-corrected chi connectivity index (χ4v) is 1.10. The van der Waals surface area contributed by atoms with E-state index in [1.54, 1.807) is 6.20 Å². The number of amides is 2. The van der Waals surface area contributed by atoms with Gasteiger partial charge in [0.05, 0.1) is 6.20 Å². The zero-order valence-electron chi connectivity index (χ0n) is 8.72. The zero-order chi connectivity index (χ0) is 10.6. The Balaban J connectivity index is 2.55. The largest absolute Gasteiger partial charge is 0.336 e. The number of carbonyl (C=O) groups excluding carboxylic acids is 1. The van der Waals surface area contributed by atoms with E-state index in [2.05, 4.69) is 20.8 Å². The van der Waals surface area contributed by atoms with Crippen LogP contribution >= 0.6 is 0 Å². The van der Waals surface area contributed by atoms with Crippen molar-refractivity contribution in [2.75, 3.05) is 5.32 Å². The van der Waals surface area contributed by atoms with Crippen LogP contribution in [0.2, 0.25) is 0 Å². The van der Waals surface area contributed by atoms with Crippen molar-refractivity contribution < 1.29 is 4.79 Å². The summed E-state index contributed by atoms with van der Waals surface area (Å²) in [5.41, 5.74) is 1.00. The molecule has 0 aliphatic heterocycles. The highest BCUT2D eigenvalue weighted by Crippen LogP contribution is 2.10. The van der Waals surface area contributed by atoms with E-state index in [1.807, 2.05) is 20.8 Å². The zero-order valence-corrected chi connectivity index (χ0v) is 8.72. The number of H-pyrrole nitrogens is 1. The predicted molar refractivity (Wildman–Crippen MR) is 55.3 cm³/mol. The molecule has 2 amide bonds. The summed E-state index contributed by atoms with van der Waals surface area (Å²) in [6.07, 6.45) is 2.55. The monoisotopic (exact) mass is 196 g/mol. The third kappa shape index (κ3) is 2.76. The molecule has 0 radical (unpaired) electrons. The SMILES string of the molecule is CCc1cn[nH]c1NC(=O)NC(C)C. The first-order valence-corrected chi connectivity index (χ1v) is 4.73. The lowest BCUT2D eigenvalue weighted by atomic mass is 10.2. The predicted octanol–water partition coefficient (Wildman–Crippen LogP) is 1.50. The van der Waals surface area contributed by atoms with Gasteiger partial charge in [-0.2, -0.15) is 5.10 Å². The molecule has 5 nitrogen and oxygen atoms in total. The van der Waals surface area contributed by atoms with E-state index < -0.39 is 0 Å². The third-order valence-electron chi connectivity index (χ3n) is 1.76. The number of aryl methyl sites for hydroxylation is 1. The molecular weight excluding hydrogens is 180 g/mol. The molecular formula is C9H16N4O. The highest BCUT2D eigenvalue weighted by atomic mass is 16.2. The van der Waals surface area contributed by atoms with Gasteiger partial charge in [-0.05, 0) is 20.3 Å². The highest BCUT2D eigenvalue weighted by molar-refractivity contribution is 5.89. The van der Waals surface area contributed by atoms with Crippen LogP contribution in [0.1, 0.15) is 26.3 Å². The molecule has 0 saturated heterocycles. The van der Waals surface area contributed by atoms with Crippen LogP contribution in [0.5, 0.6) is 0 Å². The van der Waals surface area contributed by atoms with E-state index in [0.717, 1.165) is 12.0 Å². The molecule has 0 saturated carbocycles. The Bertz CT molecular complexity index is 306. The van der Waals surface area contributed by atoms with Crippen molar-refractivity contribution in [3.8, 4) is 0 Å². The second-order valence-electron chi connectivity index (χ2n) is 3.38. The van der Waals surface area contributed by atoms with E-state index in [9.17, 15) is 4.79 Å². The summed E-state index contributed by atoms with van der Waals surface area (Å²) >= 11 is 0. The van der Waals surface area contributed by atoms with Crippen molar-refractivity contribution in [3.63, 3.8) is 0 Å². The average Bonchev–Trinajstić information content (AvgIpc) is 2.50. The molecule has 0 atom stereocenters. The van der Waals surface area contributed by atoms with Crippen molar-refractivity contribution in [3.05, 3.63) is 11.8 Å². The van der Waals surface area contributed by atoms with E-state index >= 15 is 0 Å². The molecule has 14 heavy (non-hydrogen) atoms. The van der Waals surface area contributed by atoms with Crippen LogP contribution in [0, 0.1) is 0 Å². The standard InChI is InChI=1S/C9H16N4O/c1-4-7-5-10-13-8(7)12-9(14)11-6(2)3/h5-6H,4H2,1-3H3,(H3,10,11,12,13,14). The van der Waals surface area contributed by atoms with Gasteiger partial charge in [-0.1, -0.05) is 6.92 Å². The smallest absolute Gasteiger partial charge is 0.320 e. The second kappa shape index (κ2) is 4.64. The van der Waals surface area contributed by atoms with Crippen molar-refractivity contribution in [1.82, 2.24) is 15.5 Å². The lowest BCUT2D eigenvalue weighted by Crippen LogP contribution is -2.34. The van der Waals surface area contributed by atoms with Crippen molar-refractivity contribution in [2.24, 2.45) is 0 Å². The summed E-state index contributed by atoms with van der Waals surface area (Å²) in [5, 5.41) is 12.0. The lowest BCUT2D eigenvalue weighted by Gasteiger charge is -2.09. The molecule has 1 heterocycles. The number of carbonyl (C=O) groups is 1. The van der Waals surface area contributed by atoms with Crippen LogP contribution < -0.4 is 10.6 Å². The first-order chi connectivity index (χ1) is 6.63. The molecule has 0 bridgehead atoms. The minimum absolute atomic E-state index is 0.128. The molecule has 0 aliphatic rings. The Morgan fingerprint density at radius 3 is 2.93 bits per heavy atom. The molecule has 1 aromatic rings. The van der Waals surface area contributed by atoms with Crippen molar-refractivity contribution in [2.45, 2.75) is 33.2 Å². The molecule has 0 fully saturated rings. The fraction of sp³-hybridized carbons (Fsp3) is 0.556. The van der Waals surface area contributed by atoms with Crippen LogP contribution in [0.3, 0.4) is 0 Å². The summed E-state index contributed by atoms with van der Waals surface area (Å²) < 4.78 is 0. The first kappa shape index (κ1) is 10.6. The van der Waals surface area contributed by atoms with Gasteiger partial charge in [0.15, 0.2) is 0 Å². The summed E-state index contributed by atoms with van der Waals surface area (Å²) in [4.78, 5) is 11.3. The number of aromatic amines is 1. The maximum absolute atomic E-state index is 11.3. The van der Waals surface area contributed by atoms with Gasteiger partial charge in [0.25, 0.3) is 0 Å². The molecule has 3 N–H and O–H groups in total. The van der Waals surface area contributed by atoms with Crippen LogP contribution in [0.4, 0.5) is 10.6 Å². The fourth-order valence-electron chi connectivity index (χ4n) is 1.10. The number of aromatic nitrogens is 2. The van der Waals surface area contributed by atoms with Gasteiger partial charge in [-0.25, -0.2) is 4.79 Å². The van der Waals surface area contributed by atoms with Gasteiger partial charge in [0.2, 0.25) is 0 Å². The van der Waals surface area contributed by atoms with Crippen molar-refractivity contribution >= 4 is 11.8 Å². The van der Waals surface area contributed by atoms with E-state index in [-0.39, 0.29) is 12.1 Å². The van der Waals surface area contributed by atoms with Crippen molar-refractivity contribution in [1.29, 1.82) is 0 Å². The summed E-state index contributed by atoms with van der Waals surface area (Å²) in [5.74, 6) is 0.672. The first-order valence-electron chi connectivity index (χ1n) is 4.73. The third-order valence-corrected chi connectivity index (χ3v) is 1.76. The maximum atomic E-state index is 11.3. The number of hydrogen-bond acceptors (Lipinski definition) is 2. The number of nitrogens with one attached hydrogen (secondary N) is 3. The maximum Gasteiger partial charge on any atom is 0.320 e. The van der Waals surface area contributed by atoms with Gasteiger partial charge in [-0.15, -0.1) is 0 Å². The average molecular weight is 196 g/mol. The summed E-state index contributed by atoms with van der Waals surface area (Å²) in [6.45, 7) is 5.83. The van der Waals surface area contributed by atoms with E-state index in [1.165, 1.54) is 0 Å². The van der Waals surface area contributed by atoms with Crippen LogP contribution in [0.25, 0.3) is 0 Å². The number of nitrogens with zero attached hydrogens (tertiary/aromatic N) is 1. The summed E-state index contributed by atoms with van der Waals surface area (Å²) in [7, 11) is 0. The van der Waals surface area contributed by atoms with Gasteiger partial charge < -0.3 is 5.32 Å². The lowest BCUT2D eigenvalue weighted by molar-refractivity contribution is 0.250. The van der Waals surface area contributed by atoms with Crippen LogP contribution in [0.15, 0.2) is 6.20 Å². The van der Waals surface area contributed by atoms with Gasteiger partial charge in [-0.3, -0.25) is 10.4 Å². The second-order valence-corrected chi connectivity index (χ2v) is 3.38. The molecule has 78 valence electrons. The van der Waals surface area contributed by atoms with Gasteiger partial charge in [0, 0.05) is 11.6 Å². The Labute approximate surface area is 83.3 Å². The molecule has 0 aliphatic carbocycles. The molecule has 0 spiro atoms. The molecule has 0 aromatic carbocycles. The van der Waals surface area contributed by atoms with E-state index in [4.69, 9.17) is 0 Å². The molecule has 1 rings (SSSR count). The Morgan fingerprint density at radius 1 is 1.64 bits per heavy atom. The van der Waals surface area contributed by atoms with E-state index in [0.29, 0.717) is 5.82 Å². The molecule has 1 aromatic heterocycles. The minimum atomic E-state index is -0.209. The normalized spacial score (nSPS) is 10.3. The Hall–Kier alpha value is -1.52. The molecule has 5 heteroatoms. The Morgan fingerprint density at radius 2 is 2.36 bits per heavy atom. The minimum Gasteiger partial charge on any atom is -0.336 e. The highest BCUT2D eigenvalue weighted by Gasteiger charge is 2.07. The van der Waals surface area contributed by atoms with Gasteiger partial charge >= 0.3 is 6.03 Å². The number of hydrogen-bond donors (Lipinski definition) is 3. The summed E-state index contributed by atoms with van der Waals surface area (Å²) in [6, 6.07) is -0.0815. The quantitative estimate of drug-likeness (QED) is 0.685. The van der Waals surface area contributed by atoms with Crippen LogP contribution in [-0.4, -0.2) is 22.3 Å². The topological polar surface area (TPSA) is 69.8 Å². The number of anilines is 1. The molecule has 0 unspecified atom stereocenters. The van der Waals surface area contributed by atoms with Crippen LogP contribution in [-0.2, 0) is 6.42 Å². The van der Waals surface area contributed by atoms with Gasteiger partial charge in [0.1, 0.15) is 5.82 Å².